The summed E-state index contributed by atoms with van der Waals surface area (Å²) in [5.41, 5.74) is 2.39. The summed E-state index contributed by atoms with van der Waals surface area (Å²) in [5.74, 6) is 0. The molecule has 0 fully saturated rings. The minimum Gasteiger partial charge on any atom is -0.359 e. The van der Waals surface area contributed by atoms with Crippen LogP contribution in [0.3, 0.4) is 0 Å². The summed E-state index contributed by atoms with van der Waals surface area (Å²) in [6.45, 7) is 7.90. The quantitative estimate of drug-likeness (QED) is 0.759. The number of H-pyrrole nitrogens is 1. The van der Waals surface area contributed by atoms with Gasteiger partial charge in [-0.05, 0) is 31.6 Å². The molecule has 0 aliphatic carbocycles. The molecule has 1 heterocycles. The number of rotatable bonds is 2. The van der Waals surface area contributed by atoms with Crippen LogP contribution in [-0.2, 0) is 0 Å². The summed E-state index contributed by atoms with van der Waals surface area (Å²) in [5, 5.41) is 3.28. The van der Waals surface area contributed by atoms with Gasteiger partial charge in [-0.2, -0.15) is 0 Å². The molecule has 2 heteroatoms. The van der Waals surface area contributed by atoms with Crippen LogP contribution in [0, 0.1) is 6.92 Å². The molecule has 0 unspecified atom stereocenters. The molecule has 0 bridgehead atoms. The van der Waals surface area contributed by atoms with Crippen LogP contribution in [0.1, 0.15) is 12.6 Å². The molecule has 70 valence electrons. The fraction of sp³-hybridized carbons (Fsp3) is 0.273. The lowest BCUT2D eigenvalue weighted by atomic mass is 10.2. The second-order valence-corrected chi connectivity index (χ2v) is 3.67. The Hall–Kier alpha value is -0.760. The van der Waals surface area contributed by atoms with Crippen LogP contribution in [-0.4, -0.2) is 10.3 Å². The third-order valence-electron chi connectivity index (χ3n) is 2.00. The van der Waals surface area contributed by atoms with Gasteiger partial charge in [-0.15, -0.1) is 0 Å². The van der Waals surface area contributed by atoms with Crippen LogP contribution in [0.15, 0.2) is 18.7 Å². The number of nitrogens with one attached hydrogen (secondary N) is 1. The zero-order chi connectivity index (χ0) is 9.84. The first kappa shape index (κ1) is 10.3. The van der Waals surface area contributed by atoms with Gasteiger partial charge in [-0.3, -0.25) is 0 Å². The molecule has 1 N–H and O–H groups in total. The Morgan fingerprint density at radius 1 is 1.69 bits per heavy atom. The van der Waals surface area contributed by atoms with Crippen molar-refractivity contribution in [2.75, 3.05) is 5.33 Å². The van der Waals surface area contributed by atoms with Crippen molar-refractivity contribution < 1.29 is 0 Å². The molecule has 0 radical (unpaired) electrons. The van der Waals surface area contributed by atoms with Gasteiger partial charge in [0.25, 0.3) is 0 Å². The highest BCUT2D eigenvalue weighted by atomic mass is 79.9. The predicted octanol–water partition coefficient (Wildman–Crippen LogP) is 1.86. The second-order valence-electron chi connectivity index (χ2n) is 3.03. The zero-order valence-electron chi connectivity index (χ0n) is 8.02. The van der Waals surface area contributed by atoms with Crippen LogP contribution >= 0.6 is 15.9 Å². The summed E-state index contributed by atoms with van der Waals surface area (Å²) in [6.07, 6.45) is 4.00. The number of aromatic amines is 1. The van der Waals surface area contributed by atoms with E-state index in [4.69, 9.17) is 0 Å². The molecule has 1 aromatic rings. The summed E-state index contributed by atoms with van der Waals surface area (Å²) >= 11 is 3.39. The van der Waals surface area contributed by atoms with Crippen molar-refractivity contribution in [1.29, 1.82) is 0 Å². The molecular formula is C11H14BrN. The van der Waals surface area contributed by atoms with E-state index in [1.807, 2.05) is 6.08 Å². The smallest absolute Gasteiger partial charge is 0.0426 e. The summed E-state index contributed by atoms with van der Waals surface area (Å²) in [6, 6.07) is 2.14. The molecule has 0 atom stereocenters. The maximum absolute atomic E-state index is 3.77. The number of allylic oxidation sites excluding steroid dienone is 1. The molecule has 0 spiro atoms. The minimum atomic E-state index is 0.865. The first-order valence-corrected chi connectivity index (χ1v) is 5.36. The van der Waals surface area contributed by atoms with Crippen molar-refractivity contribution in [3.63, 3.8) is 0 Å². The monoisotopic (exact) mass is 239 g/mol. The lowest BCUT2D eigenvalue weighted by molar-refractivity contribution is 1.21. The molecule has 1 nitrogen and oxygen atoms in total. The normalized spacial score (nSPS) is 14.5. The van der Waals surface area contributed by atoms with Crippen molar-refractivity contribution in [3.05, 3.63) is 35.0 Å². The van der Waals surface area contributed by atoms with Crippen molar-refractivity contribution >= 4 is 27.6 Å². The third-order valence-corrected chi connectivity index (χ3v) is 2.32. The van der Waals surface area contributed by atoms with Crippen LogP contribution in [0.4, 0.5) is 0 Å². The van der Waals surface area contributed by atoms with Gasteiger partial charge < -0.3 is 4.98 Å². The third kappa shape index (κ3) is 2.34. The van der Waals surface area contributed by atoms with E-state index >= 15 is 0 Å². The summed E-state index contributed by atoms with van der Waals surface area (Å²) < 4.78 is 0. The average Bonchev–Trinajstić information content (AvgIpc) is 2.46. The molecule has 13 heavy (non-hydrogen) atoms. The van der Waals surface area contributed by atoms with Crippen LogP contribution in [0.5, 0.6) is 0 Å². The largest absolute Gasteiger partial charge is 0.359 e. The van der Waals surface area contributed by atoms with Crippen molar-refractivity contribution in [3.8, 4) is 0 Å². The Morgan fingerprint density at radius 3 is 2.92 bits per heavy atom. The van der Waals surface area contributed by atoms with Crippen molar-refractivity contribution in [2.24, 2.45) is 0 Å². The zero-order valence-corrected chi connectivity index (χ0v) is 9.61. The Bertz CT molecular complexity index is 412. The van der Waals surface area contributed by atoms with E-state index < -0.39 is 0 Å². The lowest BCUT2D eigenvalue weighted by Crippen LogP contribution is -2.23. The topological polar surface area (TPSA) is 15.8 Å². The number of hydrogen-bond acceptors (Lipinski definition) is 0. The maximum Gasteiger partial charge on any atom is 0.0426 e. The predicted molar refractivity (Wildman–Crippen MR) is 62.3 cm³/mol. The van der Waals surface area contributed by atoms with Gasteiger partial charge in [-0.1, -0.05) is 28.6 Å². The second kappa shape index (κ2) is 4.47. The van der Waals surface area contributed by atoms with Crippen LogP contribution in [0.2, 0.25) is 0 Å². The van der Waals surface area contributed by atoms with E-state index in [0.717, 1.165) is 5.33 Å². The van der Waals surface area contributed by atoms with Crippen molar-refractivity contribution in [1.82, 2.24) is 4.98 Å². The molecule has 0 aliphatic heterocycles. The Kier molecular flexibility index (Phi) is 3.55. The average molecular weight is 240 g/mol. The van der Waals surface area contributed by atoms with Gasteiger partial charge in [0.05, 0.1) is 0 Å². The minimum absolute atomic E-state index is 0.865. The number of alkyl halides is 1. The molecule has 0 amide bonds. The summed E-state index contributed by atoms with van der Waals surface area (Å²) in [4.78, 5) is 3.31. The van der Waals surface area contributed by atoms with Crippen LogP contribution in [0.25, 0.3) is 11.6 Å². The highest BCUT2D eigenvalue weighted by Crippen LogP contribution is 1.90. The number of aromatic nitrogens is 1. The van der Waals surface area contributed by atoms with Crippen LogP contribution < -0.4 is 10.6 Å². The van der Waals surface area contributed by atoms with E-state index in [1.165, 1.54) is 21.8 Å². The molecule has 1 rings (SSSR count). The van der Waals surface area contributed by atoms with E-state index in [2.05, 4.69) is 53.5 Å². The molecule has 0 aliphatic rings. The highest BCUT2D eigenvalue weighted by molar-refractivity contribution is 9.09. The number of hydrogen-bond donors (Lipinski definition) is 1. The molecular weight excluding hydrogens is 226 g/mol. The van der Waals surface area contributed by atoms with Gasteiger partial charge in [0.15, 0.2) is 0 Å². The first-order valence-electron chi connectivity index (χ1n) is 4.24. The fourth-order valence-electron chi connectivity index (χ4n) is 1.28. The van der Waals surface area contributed by atoms with Gasteiger partial charge >= 0.3 is 0 Å². The Balaban J connectivity index is 3.54. The fourth-order valence-corrected chi connectivity index (χ4v) is 1.61. The van der Waals surface area contributed by atoms with Gasteiger partial charge in [-0.25, -0.2) is 0 Å². The number of halogens is 1. The van der Waals surface area contributed by atoms with E-state index in [1.54, 1.807) is 0 Å². The van der Waals surface area contributed by atoms with Crippen molar-refractivity contribution in [2.45, 2.75) is 13.8 Å². The lowest BCUT2D eigenvalue weighted by Gasteiger charge is -1.86. The standard InChI is InChI=1S/C11H14BrN/c1-4-8(2)10-7-9(3)13-11(10)5-6-12/h4-5,7,13H,1,6H2,2-3H3/b10-8-,11-5+. The van der Waals surface area contributed by atoms with Gasteiger partial charge in [0, 0.05) is 21.6 Å². The molecule has 1 aromatic heterocycles. The van der Waals surface area contributed by atoms with E-state index in [0.29, 0.717) is 0 Å². The van der Waals surface area contributed by atoms with Gasteiger partial charge in [0.1, 0.15) is 0 Å². The molecule has 0 saturated carbocycles. The maximum atomic E-state index is 3.77. The summed E-state index contributed by atoms with van der Waals surface area (Å²) in [7, 11) is 0. The number of aryl methyl sites for hydroxylation is 1. The SMILES string of the molecule is C=C/C(C)=c1/cc(C)[nH]/c1=C/CBr. The first-order chi connectivity index (χ1) is 6.19. The van der Waals surface area contributed by atoms with E-state index in [9.17, 15) is 0 Å². The van der Waals surface area contributed by atoms with E-state index in [-0.39, 0.29) is 0 Å². The molecule has 0 saturated heterocycles. The highest BCUT2D eigenvalue weighted by Gasteiger charge is 1.92. The molecule has 0 aromatic carbocycles. The Labute approximate surface area is 87.0 Å². The Morgan fingerprint density at radius 2 is 2.38 bits per heavy atom. The van der Waals surface area contributed by atoms with Gasteiger partial charge in [0.2, 0.25) is 0 Å².